The fraction of sp³-hybridized carbons (Fsp3) is 0.136. The van der Waals surface area contributed by atoms with Gasteiger partial charge in [0.15, 0.2) is 0 Å². The Labute approximate surface area is 152 Å². The van der Waals surface area contributed by atoms with E-state index in [2.05, 4.69) is 0 Å². The fourth-order valence-corrected chi connectivity index (χ4v) is 3.08. The van der Waals surface area contributed by atoms with Gasteiger partial charge >= 0.3 is 5.97 Å². The molecule has 0 heterocycles. The van der Waals surface area contributed by atoms with Gasteiger partial charge in [0.25, 0.3) is 0 Å². The highest BCUT2D eigenvalue weighted by atomic mass is 31.0. The Morgan fingerprint density at radius 2 is 1.16 bits per heavy atom. The third kappa shape index (κ3) is 3.81. The maximum Gasteiger partial charge on any atom is 0.326 e. The summed E-state index contributed by atoms with van der Waals surface area (Å²) in [5, 5.41) is 0. The second-order valence-corrected chi connectivity index (χ2v) is 5.69. The van der Waals surface area contributed by atoms with E-state index in [4.69, 9.17) is 4.74 Å². The Hall–Kier alpha value is -2.44. The molecule has 0 aliphatic carbocycles. The number of para-hydroxylation sites is 1. The molecule has 25 heavy (non-hydrogen) atoms. The molecule has 1 atom stereocenters. The molecule has 128 valence electrons. The molecule has 3 aromatic rings. The highest BCUT2D eigenvalue weighted by Gasteiger charge is 2.42. The van der Waals surface area contributed by atoms with E-state index < -0.39 is 5.41 Å². The van der Waals surface area contributed by atoms with E-state index in [0.717, 1.165) is 11.1 Å². The van der Waals surface area contributed by atoms with Crippen molar-refractivity contribution in [3.05, 3.63) is 102 Å². The van der Waals surface area contributed by atoms with Gasteiger partial charge in [-0.05, 0) is 29.7 Å². The summed E-state index contributed by atoms with van der Waals surface area (Å²) < 4.78 is 5.74. The van der Waals surface area contributed by atoms with Crippen molar-refractivity contribution in [2.75, 3.05) is 0 Å². The lowest BCUT2D eigenvalue weighted by Crippen LogP contribution is -2.40. The van der Waals surface area contributed by atoms with Crippen LogP contribution in [-0.2, 0) is 10.2 Å². The van der Waals surface area contributed by atoms with Crippen molar-refractivity contribution in [2.24, 2.45) is 0 Å². The molecule has 0 bridgehead atoms. The van der Waals surface area contributed by atoms with Crippen molar-refractivity contribution in [1.29, 1.82) is 0 Å². The molecular formula is C22H23O2P. The van der Waals surface area contributed by atoms with E-state index in [-0.39, 0.29) is 15.9 Å². The van der Waals surface area contributed by atoms with Gasteiger partial charge in [-0.15, -0.1) is 0 Å². The van der Waals surface area contributed by atoms with Crippen LogP contribution in [0.3, 0.4) is 0 Å². The number of benzene rings is 3. The molecule has 0 aliphatic rings. The van der Waals surface area contributed by atoms with Gasteiger partial charge < -0.3 is 4.74 Å². The lowest BCUT2D eigenvalue weighted by Gasteiger charge is -2.31. The summed E-state index contributed by atoms with van der Waals surface area (Å²) in [6, 6.07) is 28.9. The zero-order chi connectivity index (χ0) is 16.8. The van der Waals surface area contributed by atoms with Gasteiger partial charge in [-0.2, -0.15) is 9.90 Å². The van der Waals surface area contributed by atoms with Crippen molar-refractivity contribution < 1.29 is 9.53 Å². The van der Waals surface area contributed by atoms with Crippen molar-refractivity contribution >= 4 is 15.9 Å². The number of ether oxygens (including phenoxy) is 1. The van der Waals surface area contributed by atoms with Gasteiger partial charge in [0.1, 0.15) is 11.2 Å². The van der Waals surface area contributed by atoms with Gasteiger partial charge in [0.05, 0.1) is 0 Å². The lowest BCUT2D eigenvalue weighted by molar-refractivity contribution is -0.139. The number of hydrogen-bond donors (Lipinski definition) is 0. The summed E-state index contributed by atoms with van der Waals surface area (Å²) in [6.45, 7) is 2.02. The standard InChI is InChI=1S/C22H20O2.H3P/c1-2-22(18-12-6-3-7-13-18,19-14-8-4-9-15-19)21(23)24-20-16-10-5-11-17-20;/h3-17H,2H2,1H3;1H3. The van der Waals surface area contributed by atoms with Crippen LogP contribution in [0.25, 0.3) is 0 Å². The molecule has 3 rings (SSSR count). The third-order valence-corrected chi connectivity index (χ3v) is 4.37. The molecule has 0 amide bonds. The van der Waals surface area contributed by atoms with Gasteiger partial charge in [0, 0.05) is 0 Å². The number of esters is 1. The van der Waals surface area contributed by atoms with E-state index in [9.17, 15) is 4.79 Å². The Bertz CT molecular complexity index is 747. The molecule has 0 fully saturated rings. The van der Waals surface area contributed by atoms with E-state index in [1.54, 1.807) is 12.1 Å². The molecule has 0 saturated heterocycles. The van der Waals surface area contributed by atoms with Gasteiger partial charge in [-0.3, -0.25) is 4.79 Å². The second-order valence-electron chi connectivity index (χ2n) is 5.69. The zero-order valence-corrected chi connectivity index (χ0v) is 15.8. The van der Waals surface area contributed by atoms with Gasteiger partial charge in [-0.25, -0.2) is 0 Å². The van der Waals surface area contributed by atoms with E-state index in [0.29, 0.717) is 12.2 Å². The predicted molar refractivity (Wildman–Crippen MR) is 107 cm³/mol. The molecule has 0 radical (unpaired) electrons. The number of carbonyl (C=O) groups excluding carboxylic acids is 1. The monoisotopic (exact) mass is 350 g/mol. The summed E-state index contributed by atoms with van der Waals surface area (Å²) in [4.78, 5) is 13.2. The summed E-state index contributed by atoms with van der Waals surface area (Å²) in [6.07, 6.45) is 0.618. The molecule has 0 aromatic heterocycles. The number of carbonyl (C=O) groups is 1. The number of hydrogen-bond acceptors (Lipinski definition) is 2. The highest BCUT2D eigenvalue weighted by molar-refractivity contribution is 6.92. The topological polar surface area (TPSA) is 26.3 Å². The first-order valence-electron chi connectivity index (χ1n) is 8.16. The Balaban J connectivity index is 0.00000225. The minimum Gasteiger partial charge on any atom is -0.426 e. The SMILES string of the molecule is CCC(C(=O)Oc1ccccc1)(c1ccccc1)c1ccccc1.P. The molecule has 0 saturated carbocycles. The maximum atomic E-state index is 13.2. The van der Waals surface area contributed by atoms with Crippen LogP contribution >= 0.6 is 9.90 Å². The van der Waals surface area contributed by atoms with Crippen LogP contribution in [0.4, 0.5) is 0 Å². The fourth-order valence-electron chi connectivity index (χ4n) is 3.08. The quantitative estimate of drug-likeness (QED) is 0.366. The van der Waals surface area contributed by atoms with Crippen LogP contribution in [0.1, 0.15) is 24.5 Å². The first kappa shape index (κ1) is 18.9. The average Bonchev–Trinajstić information content (AvgIpc) is 2.65. The lowest BCUT2D eigenvalue weighted by atomic mass is 9.72. The molecule has 1 unspecified atom stereocenters. The van der Waals surface area contributed by atoms with Crippen LogP contribution in [0.2, 0.25) is 0 Å². The first-order chi connectivity index (χ1) is 11.8. The van der Waals surface area contributed by atoms with Crippen molar-refractivity contribution in [3.63, 3.8) is 0 Å². The van der Waals surface area contributed by atoms with Crippen molar-refractivity contribution in [1.82, 2.24) is 0 Å². The molecule has 0 aliphatic heterocycles. The molecule has 0 N–H and O–H groups in total. The summed E-state index contributed by atoms with van der Waals surface area (Å²) in [7, 11) is 0. The summed E-state index contributed by atoms with van der Waals surface area (Å²) in [5.74, 6) is 0.306. The normalized spacial score (nSPS) is 10.6. The average molecular weight is 350 g/mol. The Morgan fingerprint density at radius 3 is 1.56 bits per heavy atom. The smallest absolute Gasteiger partial charge is 0.326 e. The van der Waals surface area contributed by atoms with Crippen molar-refractivity contribution in [3.8, 4) is 5.75 Å². The molecule has 2 nitrogen and oxygen atoms in total. The molecule has 3 aromatic carbocycles. The van der Waals surface area contributed by atoms with Crippen LogP contribution in [0.5, 0.6) is 5.75 Å². The minimum atomic E-state index is -0.821. The van der Waals surface area contributed by atoms with E-state index in [1.807, 2.05) is 85.8 Å². The minimum absolute atomic E-state index is 0. The Morgan fingerprint density at radius 1 is 0.760 bits per heavy atom. The van der Waals surface area contributed by atoms with E-state index >= 15 is 0 Å². The van der Waals surface area contributed by atoms with Gasteiger partial charge in [0.2, 0.25) is 0 Å². The first-order valence-corrected chi connectivity index (χ1v) is 8.16. The summed E-state index contributed by atoms with van der Waals surface area (Å²) >= 11 is 0. The van der Waals surface area contributed by atoms with Crippen LogP contribution in [-0.4, -0.2) is 5.97 Å². The van der Waals surface area contributed by atoms with E-state index in [1.165, 1.54) is 0 Å². The Kier molecular flexibility index (Phi) is 6.50. The van der Waals surface area contributed by atoms with Crippen LogP contribution in [0, 0.1) is 0 Å². The van der Waals surface area contributed by atoms with Crippen LogP contribution in [0.15, 0.2) is 91.0 Å². The summed E-state index contributed by atoms with van der Waals surface area (Å²) in [5.41, 5.74) is 1.07. The predicted octanol–water partition coefficient (Wildman–Crippen LogP) is 5.05. The highest BCUT2D eigenvalue weighted by Crippen LogP contribution is 2.37. The maximum absolute atomic E-state index is 13.2. The largest absolute Gasteiger partial charge is 0.426 e. The second kappa shape index (κ2) is 8.60. The van der Waals surface area contributed by atoms with Gasteiger partial charge in [-0.1, -0.05) is 85.8 Å². The van der Waals surface area contributed by atoms with Crippen LogP contribution < -0.4 is 4.74 Å². The molecule has 3 heteroatoms. The number of rotatable bonds is 5. The molecule has 0 spiro atoms. The van der Waals surface area contributed by atoms with Crippen molar-refractivity contribution in [2.45, 2.75) is 18.8 Å². The zero-order valence-electron chi connectivity index (χ0n) is 14.4. The third-order valence-electron chi connectivity index (χ3n) is 4.37. The molecular weight excluding hydrogens is 327 g/mol.